The van der Waals surface area contributed by atoms with Gasteiger partial charge in [-0.05, 0) is 13.8 Å². The van der Waals surface area contributed by atoms with E-state index in [1.165, 1.54) is 11.0 Å². The van der Waals surface area contributed by atoms with E-state index in [9.17, 15) is 9.90 Å². The number of H-pyrrole nitrogens is 1. The van der Waals surface area contributed by atoms with Crippen molar-refractivity contribution in [3.63, 3.8) is 0 Å². The van der Waals surface area contributed by atoms with Gasteiger partial charge in [-0.3, -0.25) is 9.89 Å². The van der Waals surface area contributed by atoms with Crippen molar-refractivity contribution in [1.82, 2.24) is 15.1 Å². The molecule has 6 heteroatoms. The molecule has 1 aromatic rings. The molecule has 0 atom stereocenters. The number of aromatic amines is 1. The first kappa shape index (κ1) is 11.5. The van der Waals surface area contributed by atoms with E-state index in [1.807, 2.05) is 0 Å². The predicted octanol–water partition coefficient (Wildman–Crippen LogP) is -0.165. The van der Waals surface area contributed by atoms with Crippen molar-refractivity contribution in [3.8, 4) is 0 Å². The molecule has 0 aliphatic rings. The van der Waals surface area contributed by atoms with Crippen LogP contribution in [0.3, 0.4) is 0 Å². The van der Waals surface area contributed by atoms with Crippen molar-refractivity contribution in [2.24, 2.45) is 0 Å². The zero-order valence-corrected chi connectivity index (χ0v) is 9.11. The molecule has 0 saturated heterocycles. The summed E-state index contributed by atoms with van der Waals surface area (Å²) in [5.74, 6) is 0.0244. The molecular weight excluding hydrogens is 196 g/mol. The van der Waals surface area contributed by atoms with Crippen LogP contribution in [0.4, 0.5) is 5.82 Å². The molecule has 1 rings (SSSR count). The molecule has 84 valence electrons. The Balaban J connectivity index is 2.69. The van der Waals surface area contributed by atoms with Gasteiger partial charge in [0.05, 0.1) is 5.60 Å². The summed E-state index contributed by atoms with van der Waals surface area (Å²) in [6.45, 7) is 3.51. The van der Waals surface area contributed by atoms with Crippen LogP contribution in [0, 0.1) is 0 Å². The maximum absolute atomic E-state index is 11.7. The number of hydrogen-bond donors (Lipinski definition) is 3. The molecule has 0 aliphatic carbocycles. The van der Waals surface area contributed by atoms with Gasteiger partial charge >= 0.3 is 0 Å². The van der Waals surface area contributed by atoms with Gasteiger partial charge < -0.3 is 15.7 Å². The number of amides is 1. The number of rotatable bonds is 3. The Labute approximate surface area is 88.1 Å². The Bertz CT molecular complexity index is 353. The van der Waals surface area contributed by atoms with Gasteiger partial charge in [0.15, 0.2) is 0 Å². The number of hydrogen-bond acceptors (Lipinski definition) is 4. The molecule has 0 radical (unpaired) electrons. The zero-order chi connectivity index (χ0) is 11.6. The van der Waals surface area contributed by atoms with Crippen molar-refractivity contribution in [2.75, 3.05) is 19.3 Å². The lowest BCUT2D eigenvalue weighted by molar-refractivity contribution is 0.0365. The third kappa shape index (κ3) is 3.25. The highest BCUT2D eigenvalue weighted by Crippen LogP contribution is 2.08. The second kappa shape index (κ2) is 3.90. The van der Waals surface area contributed by atoms with E-state index < -0.39 is 5.60 Å². The average Bonchev–Trinajstić information content (AvgIpc) is 2.47. The van der Waals surface area contributed by atoms with Crippen LogP contribution in [0.1, 0.15) is 24.3 Å². The molecule has 1 amide bonds. The van der Waals surface area contributed by atoms with Crippen molar-refractivity contribution in [3.05, 3.63) is 11.8 Å². The van der Waals surface area contributed by atoms with Gasteiger partial charge in [-0.1, -0.05) is 0 Å². The lowest BCUT2D eigenvalue weighted by atomic mass is 10.1. The average molecular weight is 212 g/mol. The standard InChI is InChI=1S/C9H16N4O2/c1-9(2,15)5-13(3)8(14)6-4-7(10)12-11-6/h4,15H,5H2,1-3H3,(H3,10,11,12). The van der Waals surface area contributed by atoms with E-state index in [0.29, 0.717) is 5.69 Å². The Kier molecular flexibility index (Phi) is 2.99. The molecule has 0 bridgehead atoms. The van der Waals surface area contributed by atoms with Crippen LogP contribution >= 0.6 is 0 Å². The highest BCUT2D eigenvalue weighted by molar-refractivity contribution is 5.92. The number of carbonyl (C=O) groups is 1. The van der Waals surface area contributed by atoms with Crippen molar-refractivity contribution >= 4 is 11.7 Å². The highest BCUT2D eigenvalue weighted by Gasteiger charge is 2.21. The quantitative estimate of drug-likeness (QED) is 0.648. The van der Waals surface area contributed by atoms with Crippen LogP contribution in [-0.4, -0.2) is 45.3 Å². The van der Waals surface area contributed by atoms with Crippen molar-refractivity contribution in [1.29, 1.82) is 0 Å². The maximum Gasteiger partial charge on any atom is 0.271 e. The molecule has 4 N–H and O–H groups in total. The van der Waals surface area contributed by atoms with Gasteiger partial charge in [0.2, 0.25) is 0 Å². The van der Waals surface area contributed by atoms with Gasteiger partial charge in [0.25, 0.3) is 5.91 Å². The topological polar surface area (TPSA) is 95.2 Å². The Morgan fingerprint density at radius 3 is 2.73 bits per heavy atom. The largest absolute Gasteiger partial charge is 0.389 e. The smallest absolute Gasteiger partial charge is 0.271 e. The minimum absolute atomic E-state index is 0.241. The first-order chi connectivity index (χ1) is 6.79. The number of aliphatic hydroxyl groups is 1. The number of nitrogen functional groups attached to an aromatic ring is 1. The Hall–Kier alpha value is -1.56. The number of carbonyl (C=O) groups excluding carboxylic acids is 1. The van der Waals surface area contributed by atoms with Crippen LogP contribution in [0.2, 0.25) is 0 Å². The highest BCUT2D eigenvalue weighted by atomic mass is 16.3. The summed E-state index contributed by atoms with van der Waals surface area (Å²) < 4.78 is 0. The van der Waals surface area contributed by atoms with E-state index in [4.69, 9.17) is 5.73 Å². The minimum atomic E-state index is -0.921. The first-order valence-electron chi connectivity index (χ1n) is 4.58. The number of likely N-dealkylation sites (N-methyl/N-ethyl adjacent to an activating group) is 1. The van der Waals surface area contributed by atoms with E-state index in [2.05, 4.69) is 10.2 Å². The molecule has 0 saturated carbocycles. The lowest BCUT2D eigenvalue weighted by Gasteiger charge is -2.24. The normalized spacial score (nSPS) is 11.5. The monoisotopic (exact) mass is 212 g/mol. The molecule has 0 unspecified atom stereocenters. The SMILES string of the molecule is CN(CC(C)(C)O)C(=O)c1cc(N)n[nH]1. The fourth-order valence-electron chi connectivity index (χ4n) is 1.30. The second-order valence-corrected chi connectivity index (χ2v) is 4.18. The molecule has 6 nitrogen and oxygen atoms in total. The molecule has 0 aliphatic heterocycles. The van der Waals surface area contributed by atoms with Gasteiger partial charge in [-0.15, -0.1) is 0 Å². The van der Waals surface area contributed by atoms with Crippen molar-refractivity contribution in [2.45, 2.75) is 19.4 Å². The summed E-state index contributed by atoms with van der Waals surface area (Å²) in [7, 11) is 1.61. The molecule has 1 aromatic heterocycles. The van der Waals surface area contributed by atoms with Crippen LogP contribution in [0.5, 0.6) is 0 Å². The van der Waals surface area contributed by atoms with Gasteiger partial charge in [0, 0.05) is 19.7 Å². The molecule has 1 heterocycles. The third-order valence-corrected chi connectivity index (χ3v) is 1.80. The lowest BCUT2D eigenvalue weighted by Crippen LogP contribution is -2.39. The summed E-state index contributed by atoms with van der Waals surface area (Å²) in [6, 6.07) is 1.46. The van der Waals surface area contributed by atoms with Crippen molar-refractivity contribution < 1.29 is 9.90 Å². The summed E-state index contributed by atoms with van der Waals surface area (Å²) in [5, 5.41) is 15.7. The number of nitrogens with one attached hydrogen (secondary N) is 1. The Morgan fingerprint density at radius 2 is 2.33 bits per heavy atom. The van der Waals surface area contributed by atoms with Gasteiger partial charge in [0.1, 0.15) is 11.5 Å². The minimum Gasteiger partial charge on any atom is -0.389 e. The first-order valence-corrected chi connectivity index (χ1v) is 4.58. The number of nitrogens with zero attached hydrogens (tertiary/aromatic N) is 2. The van der Waals surface area contributed by atoms with Crippen LogP contribution < -0.4 is 5.73 Å². The summed E-state index contributed by atoms with van der Waals surface area (Å²) in [5.41, 5.74) is 4.78. The Morgan fingerprint density at radius 1 is 1.73 bits per heavy atom. The maximum atomic E-state index is 11.7. The van der Waals surface area contributed by atoms with Gasteiger partial charge in [-0.25, -0.2) is 0 Å². The molecular formula is C9H16N4O2. The van der Waals surface area contributed by atoms with Crippen LogP contribution in [0.15, 0.2) is 6.07 Å². The van der Waals surface area contributed by atoms with E-state index >= 15 is 0 Å². The van der Waals surface area contributed by atoms with E-state index in [-0.39, 0.29) is 18.3 Å². The third-order valence-electron chi connectivity index (χ3n) is 1.80. The second-order valence-electron chi connectivity index (χ2n) is 4.18. The molecule has 0 aromatic carbocycles. The van der Waals surface area contributed by atoms with E-state index in [0.717, 1.165) is 0 Å². The summed E-state index contributed by atoms with van der Waals surface area (Å²) in [4.78, 5) is 13.1. The summed E-state index contributed by atoms with van der Waals surface area (Å²) in [6.07, 6.45) is 0. The number of aromatic nitrogens is 2. The molecule has 0 fully saturated rings. The fourth-order valence-corrected chi connectivity index (χ4v) is 1.30. The van der Waals surface area contributed by atoms with E-state index in [1.54, 1.807) is 20.9 Å². The zero-order valence-electron chi connectivity index (χ0n) is 9.11. The fraction of sp³-hybridized carbons (Fsp3) is 0.556. The molecule has 15 heavy (non-hydrogen) atoms. The summed E-state index contributed by atoms with van der Waals surface area (Å²) >= 11 is 0. The predicted molar refractivity (Wildman–Crippen MR) is 56.3 cm³/mol. The number of nitrogens with two attached hydrogens (primary N) is 1. The molecule has 0 spiro atoms. The van der Waals surface area contributed by atoms with Crippen LogP contribution in [0.25, 0.3) is 0 Å². The number of anilines is 1. The van der Waals surface area contributed by atoms with Gasteiger partial charge in [-0.2, -0.15) is 5.10 Å². The van der Waals surface area contributed by atoms with Crippen LogP contribution in [-0.2, 0) is 0 Å².